The Hall–Kier alpha value is -3.44. The van der Waals surface area contributed by atoms with Crippen molar-refractivity contribution in [3.63, 3.8) is 0 Å². The molecule has 154 valence electrons. The van der Waals surface area contributed by atoms with Gasteiger partial charge in [0.25, 0.3) is 17.5 Å². The fraction of sp³-hybridized carbons (Fsp3) is 0.105. The minimum atomic E-state index is -0.814. The molecule has 0 aromatic heterocycles. The van der Waals surface area contributed by atoms with Crippen LogP contribution in [0.1, 0.15) is 15.9 Å². The maximum Gasteiger partial charge on any atom is 0.285 e. The molecule has 0 radical (unpaired) electrons. The van der Waals surface area contributed by atoms with Gasteiger partial charge in [0.2, 0.25) is 0 Å². The molecule has 0 aliphatic carbocycles. The molecule has 30 heavy (non-hydrogen) atoms. The van der Waals surface area contributed by atoms with Crippen LogP contribution in [0.2, 0.25) is 0 Å². The molecule has 1 aliphatic rings. The summed E-state index contributed by atoms with van der Waals surface area (Å²) < 4.78 is 10.5. The van der Waals surface area contributed by atoms with Crippen molar-refractivity contribution < 1.29 is 24.0 Å². The SMILES string of the molecule is COc1ccc(C=C2SC(=S)N(NC(=O)c3ccccc3[N+](=O)[O-])C2=O)cc1OC. The highest BCUT2D eigenvalue weighted by Crippen LogP contribution is 2.34. The van der Waals surface area contributed by atoms with E-state index in [1.807, 2.05) is 0 Å². The van der Waals surface area contributed by atoms with E-state index in [0.717, 1.165) is 16.8 Å². The minimum Gasteiger partial charge on any atom is -0.493 e. The summed E-state index contributed by atoms with van der Waals surface area (Å²) in [5.74, 6) is -0.331. The zero-order chi connectivity index (χ0) is 21.8. The number of nitrogens with zero attached hydrogens (tertiary/aromatic N) is 2. The topological polar surface area (TPSA) is 111 Å². The van der Waals surface area contributed by atoms with Crippen molar-refractivity contribution in [1.82, 2.24) is 10.4 Å². The third-order valence-electron chi connectivity index (χ3n) is 4.06. The fourth-order valence-corrected chi connectivity index (χ4v) is 3.82. The number of para-hydroxylation sites is 1. The number of benzene rings is 2. The number of amides is 2. The van der Waals surface area contributed by atoms with Crippen LogP contribution in [0.4, 0.5) is 5.69 Å². The van der Waals surface area contributed by atoms with Gasteiger partial charge < -0.3 is 9.47 Å². The van der Waals surface area contributed by atoms with Crippen molar-refractivity contribution in [1.29, 1.82) is 0 Å². The van der Waals surface area contributed by atoms with Gasteiger partial charge in [0, 0.05) is 6.07 Å². The molecule has 1 heterocycles. The lowest BCUT2D eigenvalue weighted by molar-refractivity contribution is -0.385. The Morgan fingerprint density at radius 1 is 1.20 bits per heavy atom. The predicted molar refractivity (Wildman–Crippen MR) is 115 cm³/mol. The number of carbonyl (C=O) groups is 2. The molecule has 0 atom stereocenters. The van der Waals surface area contributed by atoms with Gasteiger partial charge in [0.05, 0.1) is 24.0 Å². The molecule has 0 saturated carbocycles. The highest BCUT2D eigenvalue weighted by molar-refractivity contribution is 8.26. The summed E-state index contributed by atoms with van der Waals surface area (Å²) >= 11 is 6.18. The van der Waals surface area contributed by atoms with Crippen LogP contribution in [0.15, 0.2) is 47.4 Å². The molecule has 0 bridgehead atoms. The summed E-state index contributed by atoms with van der Waals surface area (Å²) in [5.41, 5.74) is 2.45. The Labute approximate surface area is 180 Å². The van der Waals surface area contributed by atoms with E-state index in [1.165, 1.54) is 38.5 Å². The zero-order valence-electron chi connectivity index (χ0n) is 15.8. The Balaban J connectivity index is 1.83. The molecule has 2 amide bonds. The number of nitrogens with one attached hydrogen (secondary N) is 1. The van der Waals surface area contributed by atoms with Crippen molar-refractivity contribution in [2.75, 3.05) is 14.2 Å². The molecule has 9 nitrogen and oxygen atoms in total. The van der Waals surface area contributed by atoms with Gasteiger partial charge in [-0.2, -0.15) is 5.01 Å². The minimum absolute atomic E-state index is 0.0960. The monoisotopic (exact) mass is 445 g/mol. The van der Waals surface area contributed by atoms with Crippen LogP contribution >= 0.6 is 24.0 Å². The van der Waals surface area contributed by atoms with E-state index in [0.29, 0.717) is 17.1 Å². The lowest BCUT2D eigenvalue weighted by Crippen LogP contribution is -2.45. The van der Waals surface area contributed by atoms with Gasteiger partial charge in [-0.3, -0.25) is 25.1 Å². The first kappa shape index (κ1) is 21.3. The van der Waals surface area contributed by atoms with Crippen molar-refractivity contribution in [3.8, 4) is 11.5 Å². The molecular formula is C19H15N3O6S2. The lowest BCUT2D eigenvalue weighted by Gasteiger charge is -2.15. The largest absolute Gasteiger partial charge is 0.493 e. The van der Waals surface area contributed by atoms with Gasteiger partial charge in [-0.05, 0) is 42.1 Å². The number of hydrazine groups is 1. The normalized spacial score (nSPS) is 14.7. The van der Waals surface area contributed by atoms with Crippen LogP contribution in [0, 0.1) is 10.1 Å². The first-order chi connectivity index (χ1) is 14.3. The van der Waals surface area contributed by atoms with Crippen molar-refractivity contribution >= 4 is 51.9 Å². The predicted octanol–water partition coefficient (Wildman–Crippen LogP) is 3.16. The van der Waals surface area contributed by atoms with Crippen LogP contribution in [-0.2, 0) is 4.79 Å². The molecule has 1 saturated heterocycles. The Bertz CT molecular complexity index is 1090. The van der Waals surface area contributed by atoms with Crippen LogP contribution < -0.4 is 14.9 Å². The van der Waals surface area contributed by atoms with E-state index in [9.17, 15) is 19.7 Å². The van der Waals surface area contributed by atoms with Crippen LogP contribution in [0.25, 0.3) is 6.08 Å². The smallest absolute Gasteiger partial charge is 0.285 e. The van der Waals surface area contributed by atoms with Gasteiger partial charge >= 0.3 is 0 Å². The molecule has 2 aromatic carbocycles. The Kier molecular flexibility index (Phi) is 6.33. The maximum atomic E-state index is 12.7. The first-order valence-corrected chi connectivity index (χ1v) is 9.62. The molecule has 0 spiro atoms. The number of thiocarbonyl (C=S) groups is 1. The third kappa shape index (κ3) is 4.26. The van der Waals surface area contributed by atoms with E-state index >= 15 is 0 Å². The fourth-order valence-electron chi connectivity index (χ4n) is 2.64. The summed E-state index contributed by atoms with van der Waals surface area (Å²) in [6, 6.07) is 10.6. The number of rotatable bonds is 6. The standard InChI is InChI=1S/C19H15N3O6S2/c1-27-14-8-7-11(9-15(14)28-2)10-16-18(24)21(19(29)30-16)20-17(23)12-5-3-4-6-13(12)22(25)26/h3-10H,1-2H3,(H,20,23). The molecule has 0 unspecified atom stereocenters. The zero-order valence-corrected chi connectivity index (χ0v) is 17.4. The molecular weight excluding hydrogens is 430 g/mol. The second-order valence-corrected chi connectivity index (χ2v) is 7.52. The second-order valence-electron chi connectivity index (χ2n) is 5.85. The number of thioether (sulfide) groups is 1. The summed E-state index contributed by atoms with van der Waals surface area (Å²) in [4.78, 5) is 36.0. The summed E-state index contributed by atoms with van der Waals surface area (Å²) in [5, 5.41) is 12.0. The van der Waals surface area contributed by atoms with Gasteiger partial charge in [0.15, 0.2) is 15.8 Å². The number of methoxy groups -OCH3 is 2. The number of hydrogen-bond acceptors (Lipinski definition) is 8. The summed E-state index contributed by atoms with van der Waals surface area (Å²) in [7, 11) is 3.02. The highest BCUT2D eigenvalue weighted by atomic mass is 32.2. The Morgan fingerprint density at radius 3 is 2.57 bits per heavy atom. The lowest BCUT2D eigenvalue weighted by atomic mass is 10.1. The first-order valence-electron chi connectivity index (χ1n) is 8.40. The number of ether oxygens (including phenoxy) is 2. The van der Waals surface area contributed by atoms with Crippen LogP contribution in [-0.4, -0.2) is 40.3 Å². The number of nitro groups is 1. The quantitative estimate of drug-likeness (QED) is 0.312. The molecule has 1 aliphatic heterocycles. The average Bonchev–Trinajstić information content (AvgIpc) is 3.00. The van der Waals surface area contributed by atoms with Gasteiger partial charge in [-0.15, -0.1) is 0 Å². The van der Waals surface area contributed by atoms with Crippen molar-refractivity contribution in [3.05, 3.63) is 68.6 Å². The van der Waals surface area contributed by atoms with Crippen molar-refractivity contribution in [2.45, 2.75) is 0 Å². The summed E-state index contributed by atoms with van der Waals surface area (Å²) in [6.07, 6.45) is 1.60. The third-order valence-corrected chi connectivity index (χ3v) is 5.36. The van der Waals surface area contributed by atoms with Gasteiger partial charge in [-0.1, -0.05) is 30.0 Å². The maximum absolute atomic E-state index is 12.7. The number of carbonyl (C=O) groups excluding carboxylic acids is 2. The van der Waals surface area contributed by atoms with E-state index in [4.69, 9.17) is 21.7 Å². The summed E-state index contributed by atoms with van der Waals surface area (Å²) in [6.45, 7) is 0. The van der Waals surface area contributed by atoms with E-state index in [2.05, 4.69) is 5.43 Å². The van der Waals surface area contributed by atoms with Gasteiger partial charge in [0.1, 0.15) is 5.56 Å². The number of hydrogen-bond donors (Lipinski definition) is 1. The molecule has 1 N–H and O–H groups in total. The highest BCUT2D eigenvalue weighted by Gasteiger charge is 2.34. The molecule has 11 heteroatoms. The average molecular weight is 445 g/mol. The molecule has 2 aromatic rings. The van der Waals surface area contributed by atoms with E-state index in [1.54, 1.807) is 24.3 Å². The number of nitro benzene ring substituents is 1. The van der Waals surface area contributed by atoms with Crippen LogP contribution in [0.3, 0.4) is 0 Å². The van der Waals surface area contributed by atoms with E-state index in [-0.39, 0.29) is 20.5 Å². The Morgan fingerprint density at radius 2 is 1.90 bits per heavy atom. The van der Waals surface area contributed by atoms with Crippen LogP contribution in [0.5, 0.6) is 11.5 Å². The second kappa shape index (κ2) is 8.93. The van der Waals surface area contributed by atoms with E-state index < -0.39 is 16.7 Å². The van der Waals surface area contributed by atoms with Crippen molar-refractivity contribution in [2.24, 2.45) is 0 Å². The molecule has 3 rings (SSSR count). The molecule has 1 fully saturated rings. The van der Waals surface area contributed by atoms with Gasteiger partial charge in [-0.25, -0.2) is 0 Å².